The highest BCUT2D eigenvalue weighted by Crippen LogP contribution is 2.43. The summed E-state index contributed by atoms with van der Waals surface area (Å²) >= 11 is 6.06. The standard InChI is InChI=1S/C17H22ClNO4S/c18-15-3-1-2-4-16(15)24(20,21)19-11-17(12-19)14(7-8-23-17)10-22-9-13-5-6-13/h1-4,13-14H,5-12H2. The van der Waals surface area contributed by atoms with Crippen LogP contribution in [0.4, 0.5) is 0 Å². The maximum Gasteiger partial charge on any atom is 0.244 e. The van der Waals surface area contributed by atoms with Gasteiger partial charge in [0, 0.05) is 32.2 Å². The summed E-state index contributed by atoms with van der Waals surface area (Å²) in [6.07, 6.45) is 3.48. The van der Waals surface area contributed by atoms with E-state index < -0.39 is 10.0 Å². The quantitative estimate of drug-likeness (QED) is 0.771. The zero-order chi connectivity index (χ0) is 16.8. The SMILES string of the molecule is O=S(=O)(c1ccccc1Cl)N1CC2(C1)OCCC2COCC1CC1. The fourth-order valence-corrected chi connectivity index (χ4v) is 5.59. The van der Waals surface area contributed by atoms with Gasteiger partial charge in [-0.15, -0.1) is 0 Å². The van der Waals surface area contributed by atoms with E-state index >= 15 is 0 Å². The fourth-order valence-electron chi connectivity index (χ4n) is 3.55. The van der Waals surface area contributed by atoms with E-state index in [0.717, 1.165) is 18.9 Å². The lowest BCUT2D eigenvalue weighted by Gasteiger charge is -2.49. The average Bonchev–Trinajstić information content (AvgIpc) is 3.23. The molecule has 1 aromatic rings. The zero-order valence-corrected chi connectivity index (χ0v) is 15.1. The number of sulfonamides is 1. The number of ether oxygens (including phenoxy) is 2. The lowest BCUT2D eigenvalue weighted by molar-refractivity contribution is -0.114. The monoisotopic (exact) mass is 371 g/mol. The van der Waals surface area contributed by atoms with E-state index in [1.54, 1.807) is 24.3 Å². The Balaban J connectivity index is 1.41. The van der Waals surface area contributed by atoms with Crippen LogP contribution in [0.2, 0.25) is 5.02 Å². The predicted molar refractivity (Wildman–Crippen MR) is 90.5 cm³/mol. The molecule has 3 fully saturated rings. The normalized spacial score (nSPS) is 26.6. The van der Waals surface area contributed by atoms with Crippen molar-refractivity contribution in [2.24, 2.45) is 11.8 Å². The Labute approximate surface area is 147 Å². The van der Waals surface area contributed by atoms with Gasteiger partial charge in [0.05, 0.1) is 11.6 Å². The third-order valence-corrected chi connectivity index (χ3v) is 7.60. The molecular formula is C17H22ClNO4S. The van der Waals surface area contributed by atoms with E-state index in [1.807, 2.05) is 0 Å². The molecule has 0 bridgehead atoms. The second-order valence-electron chi connectivity index (χ2n) is 7.08. The number of benzene rings is 1. The topological polar surface area (TPSA) is 55.8 Å². The summed E-state index contributed by atoms with van der Waals surface area (Å²) in [6.45, 7) is 2.94. The minimum atomic E-state index is -3.56. The van der Waals surface area contributed by atoms with Crippen molar-refractivity contribution in [3.8, 4) is 0 Å². The number of hydrogen-bond donors (Lipinski definition) is 0. The van der Waals surface area contributed by atoms with Crippen LogP contribution in [-0.4, -0.2) is 51.2 Å². The number of nitrogens with zero attached hydrogens (tertiary/aromatic N) is 1. The molecule has 0 amide bonds. The number of rotatable bonds is 6. The van der Waals surface area contributed by atoms with E-state index in [0.29, 0.717) is 26.3 Å². The first-order chi connectivity index (χ1) is 11.5. The summed E-state index contributed by atoms with van der Waals surface area (Å²) in [5, 5.41) is 0.259. The molecule has 132 valence electrons. The summed E-state index contributed by atoms with van der Waals surface area (Å²) in [7, 11) is -3.56. The van der Waals surface area contributed by atoms with Crippen molar-refractivity contribution in [1.82, 2.24) is 4.31 Å². The van der Waals surface area contributed by atoms with Crippen LogP contribution in [0.5, 0.6) is 0 Å². The number of halogens is 1. The molecule has 4 rings (SSSR count). The number of hydrogen-bond acceptors (Lipinski definition) is 4. The van der Waals surface area contributed by atoms with Crippen LogP contribution in [0.1, 0.15) is 19.3 Å². The first kappa shape index (κ1) is 16.8. The largest absolute Gasteiger partial charge is 0.381 e. The van der Waals surface area contributed by atoms with Crippen molar-refractivity contribution >= 4 is 21.6 Å². The Hall–Kier alpha value is -0.660. The van der Waals surface area contributed by atoms with Crippen LogP contribution in [0.25, 0.3) is 0 Å². The summed E-state index contributed by atoms with van der Waals surface area (Å²) in [5.41, 5.74) is -0.377. The van der Waals surface area contributed by atoms with Crippen LogP contribution in [0.15, 0.2) is 29.2 Å². The molecule has 2 saturated heterocycles. The fraction of sp³-hybridized carbons (Fsp3) is 0.647. The molecule has 1 spiro atoms. The molecule has 7 heteroatoms. The third-order valence-electron chi connectivity index (χ3n) is 5.31. The predicted octanol–water partition coefficient (Wildman–Crippen LogP) is 2.55. The third kappa shape index (κ3) is 2.99. The minimum Gasteiger partial charge on any atom is -0.381 e. The van der Waals surface area contributed by atoms with Gasteiger partial charge in [0.25, 0.3) is 0 Å². The van der Waals surface area contributed by atoms with Crippen molar-refractivity contribution in [2.75, 3.05) is 32.9 Å². The molecule has 1 saturated carbocycles. The maximum atomic E-state index is 12.7. The molecule has 2 aliphatic heterocycles. The van der Waals surface area contributed by atoms with Gasteiger partial charge in [-0.05, 0) is 37.3 Å². The van der Waals surface area contributed by atoms with Crippen molar-refractivity contribution in [3.63, 3.8) is 0 Å². The van der Waals surface area contributed by atoms with Gasteiger partial charge < -0.3 is 9.47 Å². The molecule has 1 aliphatic carbocycles. The highest BCUT2D eigenvalue weighted by atomic mass is 35.5. The van der Waals surface area contributed by atoms with Crippen LogP contribution in [0, 0.1) is 11.8 Å². The molecule has 1 unspecified atom stereocenters. The zero-order valence-electron chi connectivity index (χ0n) is 13.5. The van der Waals surface area contributed by atoms with Crippen LogP contribution in [0.3, 0.4) is 0 Å². The van der Waals surface area contributed by atoms with E-state index in [4.69, 9.17) is 21.1 Å². The Morgan fingerprint density at radius 3 is 2.67 bits per heavy atom. The summed E-state index contributed by atoms with van der Waals surface area (Å²) in [5.74, 6) is 1.01. The van der Waals surface area contributed by atoms with Gasteiger partial charge >= 0.3 is 0 Å². The Bertz CT molecular complexity index is 713. The van der Waals surface area contributed by atoms with Crippen molar-refractivity contribution in [3.05, 3.63) is 29.3 Å². The lowest BCUT2D eigenvalue weighted by atomic mass is 9.83. The molecule has 24 heavy (non-hydrogen) atoms. The molecule has 0 aromatic heterocycles. The first-order valence-corrected chi connectivity index (χ1v) is 10.3. The van der Waals surface area contributed by atoms with Crippen molar-refractivity contribution in [2.45, 2.75) is 29.8 Å². The highest BCUT2D eigenvalue weighted by Gasteiger charge is 2.56. The molecule has 5 nitrogen and oxygen atoms in total. The minimum absolute atomic E-state index is 0.168. The second-order valence-corrected chi connectivity index (χ2v) is 9.40. The Kier molecular flexibility index (Phi) is 4.37. The molecule has 1 aromatic carbocycles. The van der Waals surface area contributed by atoms with Gasteiger partial charge in [-0.25, -0.2) is 8.42 Å². The van der Waals surface area contributed by atoms with Gasteiger partial charge in [0.15, 0.2) is 0 Å². The smallest absolute Gasteiger partial charge is 0.244 e. The molecular weight excluding hydrogens is 350 g/mol. The summed E-state index contributed by atoms with van der Waals surface area (Å²) < 4.78 is 38.7. The molecule has 0 N–H and O–H groups in total. The highest BCUT2D eigenvalue weighted by molar-refractivity contribution is 7.89. The molecule has 1 atom stereocenters. The van der Waals surface area contributed by atoms with Crippen LogP contribution >= 0.6 is 11.6 Å². The van der Waals surface area contributed by atoms with Gasteiger partial charge in [-0.1, -0.05) is 23.7 Å². The molecule has 2 heterocycles. The molecule has 0 radical (unpaired) electrons. The van der Waals surface area contributed by atoms with Gasteiger partial charge in [0.2, 0.25) is 10.0 Å². The van der Waals surface area contributed by atoms with Gasteiger partial charge in [0.1, 0.15) is 10.5 Å². The van der Waals surface area contributed by atoms with Gasteiger partial charge in [-0.3, -0.25) is 0 Å². The Morgan fingerprint density at radius 2 is 1.96 bits per heavy atom. The van der Waals surface area contributed by atoms with Gasteiger partial charge in [-0.2, -0.15) is 4.31 Å². The van der Waals surface area contributed by atoms with E-state index in [2.05, 4.69) is 0 Å². The maximum absolute atomic E-state index is 12.7. The summed E-state index contributed by atoms with van der Waals surface area (Å²) in [6, 6.07) is 6.57. The summed E-state index contributed by atoms with van der Waals surface area (Å²) in [4.78, 5) is 0.168. The van der Waals surface area contributed by atoms with E-state index in [1.165, 1.54) is 17.1 Å². The lowest BCUT2D eigenvalue weighted by Crippen LogP contribution is -2.66. The first-order valence-electron chi connectivity index (χ1n) is 8.48. The molecule has 3 aliphatic rings. The van der Waals surface area contributed by atoms with Crippen molar-refractivity contribution in [1.29, 1.82) is 0 Å². The second kappa shape index (κ2) is 6.25. The van der Waals surface area contributed by atoms with E-state index in [9.17, 15) is 8.42 Å². The average molecular weight is 372 g/mol. The van der Waals surface area contributed by atoms with Crippen LogP contribution in [-0.2, 0) is 19.5 Å². The Morgan fingerprint density at radius 1 is 1.21 bits per heavy atom. The van der Waals surface area contributed by atoms with Crippen LogP contribution < -0.4 is 0 Å². The van der Waals surface area contributed by atoms with Crippen molar-refractivity contribution < 1.29 is 17.9 Å². The van der Waals surface area contributed by atoms with E-state index in [-0.39, 0.29) is 21.4 Å².